The number of methoxy groups -OCH3 is 6. The molecule has 0 saturated heterocycles. The number of Topliss-reactive ketones (excluding diaryl/α,β-unsaturated/α-hetero) is 1. The Morgan fingerprint density at radius 3 is 0.694 bits per heavy atom. The Balaban J connectivity index is 6.22. The molecule has 0 aromatic heterocycles. The van der Waals surface area contributed by atoms with Crippen LogP contribution in [-0.2, 0) is 90.1 Å². The molecule has 19 nitrogen and oxygen atoms in total. The first-order chi connectivity index (χ1) is 30.4. The molecule has 372 valence electrons. The first-order valence-corrected chi connectivity index (χ1v) is 22.1. The van der Waals surface area contributed by atoms with Crippen molar-refractivity contribution in [3.63, 3.8) is 0 Å². The number of hydrogen-bond acceptors (Lipinski definition) is 19. The molecular weight excluding hydrogens is 820 g/mol. The van der Waals surface area contributed by atoms with E-state index in [1.807, 2.05) is 13.8 Å². The molecule has 0 fully saturated rings. The molecule has 0 saturated carbocycles. The van der Waals surface area contributed by atoms with Crippen molar-refractivity contribution in [2.75, 3.05) is 201 Å². The molecule has 62 heavy (non-hydrogen) atoms. The molecule has 0 rings (SSSR count). The normalized spacial score (nSPS) is 13.3. The summed E-state index contributed by atoms with van der Waals surface area (Å²) in [5, 5.41) is 0. The molecular formula is C43H86O19. The van der Waals surface area contributed by atoms with E-state index in [9.17, 15) is 4.79 Å². The summed E-state index contributed by atoms with van der Waals surface area (Å²) in [7, 11) is 9.69. The SMILES string of the molecule is CCC(CCC(OCCOCCOC)(OCCOCCOC)OCCOCCOC)C(=O)C(CC)CCC(OCCOCCOC)(OCCOCCOC)OCCOCCOC. The van der Waals surface area contributed by atoms with Gasteiger partial charge in [0.05, 0.1) is 159 Å². The van der Waals surface area contributed by atoms with Gasteiger partial charge in [-0.05, 0) is 25.7 Å². The molecule has 19 heteroatoms. The van der Waals surface area contributed by atoms with Crippen molar-refractivity contribution in [1.82, 2.24) is 0 Å². The van der Waals surface area contributed by atoms with Crippen LogP contribution in [0, 0.1) is 11.8 Å². The van der Waals surface area contributed by atoms with Gasteiger partial charge in [0.1, 0.15) is 5.78 Å². The number of ketones is 1. The van der Waals surface area contributed by atoms with E-state index in [-0.39, 0.29) is 110 Å². The largest absolute Gasteiger partial charge is 0.382 e. The molecule has 2 atom stereocenters. The van der Waals surface area contributed by atoms with Crippen LogP contribution in [0.1, 0.15) is 52.4 Å². The maximum absolute atomic E-state index is 14.5. The van der Waals surface area contributed by atoms with Crippen LogP contribution in [0.4, 0.5) is 0 Å². The number of rotatable bonds is 52. The molecule has 0 bridgehead atoms. The van der Waals surface area contributed by atoms with E-state index < -0.39 is 11.9 Å². The molecule has 0 N–H and O–H groups in total. The highest BCUT2D eigenvalue weighted by Crippen LogP contribution is 2.32. The Hall–Kier alpha value is -1.05. The van der Waals surface area contributed by atoms with Gasteiger partial charge in [0, 0.05) is 67.3 Å². The Morgan fingerprint density at radius 1 is 0.323 bits per heavy atom. The third-order valence-corrected chi connectivity index (χ3v) is 9.28. The lowest BCUT2D eigenvalue weighted by Crippen LogP contribution is -2.43. The van der Waals surface area contributed by atoms with Crippen molar-refractivity contribution in [1.29, 1.82) is 0 Å². The molecule has 0 spiro atoms. The Bertz CT molecular complexity index is 784. The van der Waals surface area contributed by atoms with Crippen LogP contribution in [-0.4, -0.2) is 219 Å². The van der Waals surface area contributed by atoms with Gasteiger partial charge in [0.15, 0.2) is 0 Å². The topological polar surface area (TPSA) is 183 Å². The zero-order valence-corrected chi connectivity index (χ0v) is 39.6. The summed E-state index contributed by atoms with van der Waals surface area (Å²) in [6.45, 7) is 12.0. The summed E-state index contributed by atoms with van der Waals surface area (Å²) in [5.74, 6) is -3.55. The standard InChI is InChI=1S/C43H86O19/c1-9-39(11-13-42(57-33-27-51-21-15-45-3,58-34-28-52-22-16-46-4)59-35-29-53-23-17-47-5)41(44)40(10-2)12-14-43(60-36-30-54-24-18-48-6,61-37-31-55-25-19-49-7)62-38-32-56-26-20-50-8/h39-40H,9-38H2,1-8H3. The third kappa shape index (κ3) is 33.4. The van der Waals surface area contributed by atoms with Crippen LogP contribution in [0.3, 0.4) is 0 Å². The van der Waals surface area contributed by atoms with Gasteiger partial charge in [-0.15, -0.1) is 0 Å². The molecule has 0 aliphatic heterocycles. The van der Waals surface area contributed by atoms with Gasteiger partial charge in [0.2, 0.25) is 0 Å². The van der Waals surface area contributed by atoms with Gasteiger partial charge in [-0.1, -0.05) is 13.8 Å². The third-order valence-electron chi connectivity index (χ3n) is 9.28. The second kappa shape index (κ2) is 45.1. The second-order valence-corrected chi connectivity index (χ2v) is 13.8. The van der Waals surface area contributed by atoms with Crippen molar-refractivity contribution in [2.24, 2.45) is 11.8 Å². The predicted molar refractivity (Wildman–Crippen MR) is 228 cm³/mol. The Kier molecular flexibility index (Phi) is 44.4. The highest BCUT2D eigenvalue weighted by Gasteiger charge is 2.39. The predicted octanol–water partition coefficient (Wildman–Crippen LogP) is 3.55. The molecule has 0 aliphatic rings. The fourth-order valence-electron chi connectivity index (χ4n) is 5.82. The van der Waals surface area contributed by atoms with E-state index >= 15 is 0 Å². The van der Waals surface area contributed by atoms with Crippen LogP contribution in [0.25, 0.3) is 0 Å². The van der Waals surface area contributed by atoms with Crippen molar-refractivity contribution in [3.05, 3.63) is 0 Å². The van der Waals surface area contributed by atoms with Crippen LogP contribution in [0.2, 0.25) is 0 Å². The highest BCUT2D eigenvalue weighted by atomic mass is 16.9. The second-order valence-electron chi connectivity index (χ2n) is 13.8. The van der Waals surface area contributed by atoms with Gasteiger partial charge in [-0.25, -0.2) is 0 Å². The maximum atomic E-state index is 14.5. The number of hydrogen-bond donors (Lipinski definition) is 0. The number of carbonyl (C=O) groups excluding carboxylic acids is 1. The van der Waals surface area contributed by atoms with Crippen LogP contribution in [0.15, 0.2) is 0 Å². The van der Waals surface area contributed by atoms with E-state index in [1.54, 1.807) is 42.7 Å². The lowest BCUT2D eigenvalue weighted by molar-refractivity contribution is -0.388. The molecule has 2 unspecified atom stereocenters. The van der Waals surface area contributed by atoms with E-state index in [1.165, 1.54) is 0 Å². The lowest BCUT2D eigenvalue weighted by Gasteiger charge is -2.35. The zero-order chi connectivity index (χ0) is 45.7. The first kappa shape index (κ1) is 60.9. The van der Waals surface area contributed by atoms with Crippen molar-refractivity contribution >= 4 is 5.78 Å². The lowest BCUT2D eigenvalue weighted by atomic mass is 9.83. The number of carbonyl (C=O) groups is 1. The molecule has 0 aromatic carbocycles. The highest BCUT2D eigenvalue weighted by molar-refractivity contribution is 5.83. The summed E-state index contributed by atoms with van der Waals surface area (Å²) in [5.41, 5.74) is 0. The van der Waals surface area contributed by atoms with Crippen molar-refractivity contribution < 1.29 is 90.1 Å². The van der Waals surface area contributed by atoms with Gasteiger partial charge >= 0.3 is 0 Å². The van der Waals surface area contributed by atoms with E-state index in [4.69, 9.17) is 85.3 Å². The van der Waals surface area contributed by atoms with Crippen molar-refractivity contribution in [3.8, 4) is 0 Å². The summed E-state index contributed by atoms with van der Waals surface area (Å²) in [6.07, 6.45) is 2.56. The van der Waals surface area contributed by atoms with Crippen LogP contribution in [0.5, 0.6) is 0 Å². The summed E-state index contributed by atoms with van der Waals surface area (Å²) in [4.78, 5) is 14.5. The van der Waals surface area contributed by atoms with E-state index in [0.29, 0.717) is 105 Å². The average Bonchev–Trinajstić information content (AvgIpc) is 3.28. The fourth-order valence-corrected chi connectivity index (χ4v) is 5.82. The Labute approximate surface area is 372 Å². The zero-order valence-electron chi connectivity index (χ0n) is 39.6. The summed E-state index contributed by atoms with van der Waals surface area (Å²) in [6, 6.07) is 0. The molecule has 0 aliphatic carbocycles. The smallest absolute Gasteiger partial charge is 0.283 e. The molecule has 0 heterocycles. The number of ether oxygens (including phenoxy) is 18. The molecule has 0 aromatic rings. The van der Waals surface area contributed by atoms with Gasteiger partial charge in [-0.3, -0.25) is 4.79 Å². The van der Waals surface area contributed by atoms with Crippen LogP contribution < -0.4 is 0 Å². The van der Waals surface area contributed by atoms with Gasteiger partial charge in [0.25, 0.3) is 11.9 Å². The Morgan fingerprint density at radius 2 is 0.516 bits per heavy atom. The van der Waals surface area contributed by atoms with Crippen LogP contribution >= 0.6 is 0 Å². The first-order valence-electron chi connectivity index (χ1n) is 22.1. The van der Waals surface area contributed by atoms with Gasteiger partial charge < -0.3 is 85.3 Å². The van der Waals surface area contributed by atoms with E-state index in [2.05, 4.69) is 0 Å². The monoisotopic (exact) mass is 907 g/mol. The molecule has 0 amide bonds. The summed E-state index contributed by atoms with van der Waals surface area (Å²) >= 11 is 0. The minimum Gasteiger partial charge on any atom is -0.382 e. The minimum atomic E-state index is -1.50. The minimum absolute atomic E-state index is 0.111. The fraction of sp³-hybridized carbons (Fsp3) is 0.977. The van der Waals surface area contributed by atoms with Gasteiger partial charge in [-0.2, -0.15) is 0 Å². The summed E-state index contributed by atoms with van der Waals surface area (Å²) < 4.78 is 103. The van der Waals surface area contributed by atoms with E-state index in [0.717, 1.165) is 0 Å². The maximum Gasteiger partial charge on any atom is 0.283 e. The molecule has 0 radical (unpaired) electrons. The quantitative estimate of drug-likeness (QED) is 0.0638. The van der Waals surface area contributed by atoms with Crippen molar-refractivity contribution in [2.45, 2.75) is 64.3 Å². The average molecular weight is 907 g/mol.